The van der Waals surface area contributed by atoms with Gasteiger partial charge in [0, 0.05) is 0 Å². The van der Waals surface area contributed by atoms with Gasteiger partial charge in [-0.3, -0.25) is 0 Å². The van der Waals surface area contributed by atoms with Crippen LogP contribution in [0.2, 0.25) is 0 Å². The van der Waals surface area contributed by atoms with E-state index in [0.717, 1.165) is 0 Å². The van der Waals surface area contributed by atoms with Gasteiger partial charge in [0.1, 0.15) is 0 Å². The molecule has 3 heteroatoms. The highest BCUT2D eigenvalue weighted by molar-refractivity contribution is 5.73. The molecule has 0 aliphatic rings. The smallest absolute Gasteiger partial charge is 0.387 e. The number of hydrogen-bond acceptors (Lipinski definition) is 2. The highest BCUT2D eigenvalue weighted by Gasteiger charge is 2.05. The highest BCUT2D eigenvalue weighted by atomic mass is 16.5. The molecule has 0 aliphatic heterocycles. The van der Waals surface area contributed by atoms with Crippen LogP contribution in [0.5, 0.6) is 0 Å². The van der Waals surface area contributed by atoms with Gasteiger partial charge in [-0.05, 0) is 5.92 Å². The molecule has 0 aromatic rings. The normalized spacial score (nSPS) is 9.00. The molecule has 0 saturated heterocycles. The molecular weight excluding hydrogens is 130 g/mol. The largest absolute Gasteiger partial charge is 0.460 e. The molecule has 0 aliphatic carbocycles. The van der Waals surface area contributed by atoms with Crippen molar-refractivity contribution in [2.75, 3.05) is 13.2 Å². The van der Waals surface area contributed by atoms with E-state index in [2.05, 4.69) is 4.85 Å². The standard InChI is InChI=1S/C7H11NO2/c1-6(2)5-10-7(9)4-8-3/h6H,4-5H2,1-2H3. The summed E-state index contributed by atoms with van der Waals surface area (Å²) < 4.78 is 4.69. The Balaban J connectivity index is 3.33. The number of carbonyl (C=O) groups excluding carboxylic acids is 1. The maximum absolute atomic E-state index is 10.5. The Bertz CT molecular complexity index is 146. The van der Waals surface area contributed by atoms with E-state index >= 15 is 0 Å². The van der Waals surface area contributed by atoms with E-state index in [-0.39, 0.29) is 6.54 Å². The SMILES string of the molecule is [C-]#[N+]CC(=O)OCC(C)C. The minimum absolute atomic E-state index is 0.160. The summed E-state index contributed by atoms with van der Waals surface area (Å²) in [4.78, 5) is 13.4. The first-order valence-electron chi connectivity index (χ1n) is 3.15. The van der Waals surface area contributed by atoms with Gasteiger partial charge in [0.05, 0.1) is 6.61 Å². The molecule has 0 radical (unpaired) electrons. The Morgan fingerprint density at radius 1 is 1.70 bits per heavy atom. The predicted octanol–water partition coefficient (Wildman–Crippen LogP) is 1.10. The van der Waals surface area contributed by atoms with Gasteiger partial charge in [0.25, 0.3) is 0 Å². The lowest BCUT2D eigenvalue weighted by Crippen LogP contribution is -2.11. The second kappa shape index (κ2) is 4.80. The summed E-state index contributed by atoms with van der Waals surface area (Å²) in [6.45, 7) is 10.5. The van der Waals surface area contributed by atoms with Crippen molar-refractivity contribution in [1.82, 2.24) is 0 Å². The number of nitrogens with zero attached hydrogens (tertiary/aromatic N) is 1. The third-order valence-corrected chi connectivity index (χ3v) is 0.786. The summed E-state index contributed by atoms with van der Waals surface area (Å²) in [5, 5.41) is 0. The summed E-state index contributed by atoms with van der Waals surface area (Å²) in [5.74, 6) is -0.0848. The number of rotatable bonds is 3. The van der Waals surface area contributed by atoms with Crippen molar-refractivity contribution in [3.8, 4) is 0 Å². The van der Waals surface area contributed by atoms with E-state index in [1.165, 1.54) is 0 Å². The summed E-state index contributed by atoms with van der Waals surface area (Å²) in [5.41, 5.74) is 0. The molecule has 0 heterocycles. The molecule has 0 N–H and O–H groups in total. The van der Waals surface area contributed by atoms with E-state index in [0.29, 0.717) is 12.5 Å². The fourth-order valence-corrected chi connectivity index (χ4v) is 0.370. The van der Waals surface area contributed by atoms with Gasteiger partial charge in [-0.1, -0.05) is 13.8 Å². The van der Waals surface area contributed by atoms with Crippen molar-refractivity contribution < 1.29 is 9.53 Å². The molecule has 0 bridgehead atoms. The van der Waals surface area contributed by atoms with Crippen LogP contribution in [0.4, 0.5) is 0 Å². The minimum atomic E-state index is -0.427. The summed E-state index contributed by atoms with van der Waals surface area (Å²) in [6, 6.07) is 0. The van der Waals surface area contributed by atoms with Crippen LogP contribution in [-0.4, -0.2) is 19.1 Å². The van der Waals surface area contributed by atoms with Crippen molar-refractivity contribution in [2.45, 2.75) is 13.8 Å². The van der Waals surface area contributed by atoms with Crippen molar-refractivity contribution >= 4 is 5.97 Å². The van der Waals surface area contributed by atoms with E-state index in [4.69, 9.17) is 11.3 Å². The van der Waals surface area contributed by atoms with Crippen LogP contribution in [-0.2, 0) is 9.53 Å². The molecule has 0 fully saturated rings. The summed E-state index contributed by atoms with van der Waals surface area (Å²) in [7, 11) is 0. The third-order valence-electron chi connectivity index (χ3n) is 0.786. The molecule has 0 spiro atoms. The van der Waals surface area contributed by atoms with Crippen molar-refractivity contribution in [3.63, 3.8) is 0 Å². The Hall–Kier alpha value is -1.04. The summed E-state index contributed by atoms with van der Waals surface area (Å²) in [6.07, 6.45) is 0. The van der Waals surface area contributed by atoms with Crippen LogP contribution in [0.15, 0.2) is 0 Å². The van der Waals surface area contributed by atoms with E-state index in [1.807, 2.05) is 13.8 Å². The zero-order chi connectivity index (χ0) is 7.98. The lowest BCUT2D eigenvalue weighted by molar-refractivity contribution is -0.142. The number of ether oxygens (including phenoxy) is 1. The molecule has 0 atom stereocenters. The van der Waals surface area contributed by atoms with Gasteiger partial charge < -0.3 is 9.58 Å². The number of hydrogen-bond donors (Lipinski definition) is 0. The molecule has 0 aromatic heterocycles. The first-order valence-corrected chi connectivity index (χ1v) is 3.15. The van der Waals surface area contributed by atoms with Crippen molar-refractivity contribution in [1.29, 1.82) is 0 Å². The van der Waals surface area contributed by atoms with Gasteiger partial charge in [-0.15, -0.1) is 0 Å². The minimum Gasteiger partial charge on any atom is -0.460 e. The van der Waals surface area contributed by atoms with E-state index < -0.39 is 5.97 Å². The maximum atomic E-state index is 10.5. The lowest BCUT2D eigenvalue weighted by Gasteiger charge is -2.02. The van der Waals surface area contributed by atoms with Crippen LogP contribution in [0.3, 0.4) is 0 Å². The van der Waals surface area contributed by atoms with Crippen LogP contribution >= 0.6 is 0 Å². The average molecular weight is 141 g/mol. The molecule has 3 nitrogen and oxygen atoms in total. The zero-order valence-corrected chi connectivity index (χ0v) is 6.26. The molecule has 0 amide bonds. The van der Waals surface area contributed by atoms with Crippen LogP contribution < -0.4 is 0 Å². The Morgan fingerprint density at radius 2 is 2.30 bits per heavy atom. The molecule has 0 aromatic carbocycles. The van der Waals surface area contributed by atoms with Crippen LogP contribution in [0, 0.1) is 12.5 Å². The van der Waals surface area contributed by atoms with Crippen molar-refractivity contribution in [2.24, 2.45) is 5.92 Å². The van der Waals surface area contributed by atoms with Crippen LogP contribution in [0.25, 0.3) is 4.85 Å². The Morgan fingerprint density at radius 3 is 2.70 bits per heavy atom. The lowest BCUT2D eigenvalue weighted by atomic mass is 10.2. The van der Waals surface area contributed by atoms with E-state index in [9.17, 15) is 4.79 Å². The molecule has 0 saturated carbocycles. The number of carbonyl (C=O) groups is 1. The molecule has 0 unspecified atom stereocenters. The second-order valence-corrected chi connectivity index (χ2v) is 2.39. The first-order chi connectivity index (χ1) is 4.66. The topological polar surface area (TPSA) is 30.7 Å². The van der Waals surface area contributed by atoms with Gasteiger partial charge in [0.15, 0.2) is 0 Å². The van der Waals surface area contributed by atoms with Crippen molar-refractivity contribution in [3.05, 3.63) is 11.4 Å². The first kappa shape index (κ1) is 8.96. The fraction of sp³-hybridized carbons (Fsp3) is 0.714. The third kappa shape index (κ3) is 5.10. The van der Waals surface area contributed by atoms with E-state index in [1.54, 1.807) is 0 Å². The molecular formula is C7H11NO2. The molecule has 0 rings (SSSR count). The Kier molecular flexibility index (Phi) is 4.30. The second-order valence-electron chi connectivity index (χ2n) is 2.39. The maximum Gasteiger partial charge on any atom is 0.387 e. The monoisotopic (exact) mass is 141 g/mol. The number of esters is 1. The van der Waals surface area contributed by atoms with Crippen LogP contribution in [0.1, 0.15) is 13.8 Å². The quantitative estimate of drug-likeness (QED) is 0.435. The van der Waals surface area contributed by atoms with Gasteiger partial charge in [-0.25, -0.2) is 11.4 Å². The fourth-order valence-electron chi connectivity index (χ4n) is 0.370. The van der Waals surface area contributed by atoms with Gasteiger partial charge in [-0.2, -0.15) is 0 Å². The average Bonchev–Trinajstić information content (AvgIpc) is 1.85. The molecule has 56 valence electrons. The molecule has 10 heavy (non-hydrogen) atoms. The Labute approximate surface area is 60.8 Å². The zero-order valence-electron chi connectivity index (χ0n) is 6.26. The van der Waals surface area contributed by atoms with Gasteiger partial charge >= 0.3 is 12.5 Å². The highest BCUT2D eigenvalue weighted by Crippen LogP contribution is 1.92. The predicted molar refractivity (Wildman–Crippen MR) is 37.3 cm³/mol. The summed E-state index contributed by atoms with van der Waals surface area (Å²) >= 11 is 0. The van der Waals surface area contributed by atoms with Gasteiger partial charge in [0.2, 0.25) is 0 Å².